The molecule has 0 saturated heterocycles. The first-order valence-corrected chi connectivity index (χ1v) is 14.6. The van der Waals surface area contributed by atoms with E-state index in [9.17, 15) is 0 Å². The van der Waals surface area contributed by atoms with Crippen molar-refractivity contribution in [1.29, 1.82) is 0 Å². The third-order valence-corrected chi connectivity index (χ3v) is 11.2. The second kappa shape index (κ2) is 8.71. The van der Waals surface area contributed by atoms with Crippen molar-refractivity contribution in [2.75, 3.05) is 0 Å². The van der Waals surface area contributed by atoms with E-state index in [0.29, 0.717) is 0 Å². The average molecular weight is 527 g/mol. The van der Waals surface area contributed by atoms with E-state index in [0.717, 1.165) is 5.75 Å². The van der Waals surface area contributed by atoms with Crippen LogP contribution in [0.5, 0.6) is 5.75 Å². The largest absolute Gasteiger partial charge is 0.465 e. The second-order valence-electron chi connectivity index (χ2n) is 12.5. The molecule has 0 bridgehead atoms. The first-order chi connectivity index (χ1) is 18.9. The van der Waals surface area contributed by atoms with Gasteiger partial charge >= 0.3 is 0 Å². The maximum absolute atomic E-state index is 6.25. The molecule has 0 radical (unpaired) electrons. The number of allylic oxidation sites excluding steroid dienone is 1. The zero-order valence-electron chi connectivity index (χ0n) is 26.4. The average Bonchev–Trinajstić information content (AvgIpc) is 3.06. The summed E-state index contributed by atoms with van der Waals surface area (Å²) in [5.74, 6) is 0.944. The van der Waals surface area contributed by atoms with E-state index >= 15 is 0 Å². The second-order valence-corrected chi connectivity index (χ2v) is 12.5. The number of rotatable bonds is 0. The SMILES string of the molecule is Cc1c(C)c(C)c2c(c1C)-c1c(C)c(C)c(C)c(C)c1C1(C=COc3ccccc31)c1c(C)c(C)c(C)c(C)c1-2. The normalized spacial score (nSPS) is 14.3. The highest BCUT2D eigenvalue weighted by atomic mass is 16.5. The summed E-state index contributed by atoms with van der Waals surface area (Å²) >= 11 is 0. The van der Waals surface area contributed by atoms with Gasteiger partial charge in [-0.15, -0.1) is 0 Å². The first-order valence-electron chi connectivity index (χ1n) is 14.6. The number of fused-ring (bicyclic) bond motifs is 9. The van der Waals surface area contributed by atoms with Gasteiger partial charge in [-0.05, 0) is 195 Å². The zero-order valence-corrected chi connectivity index (χ0v) is 26.4. The van der Waals surface area contributed by atoms with E-state index in [-0.39, 0.29) is 0 Å². The van der Waals surface area contributed by atoms with E-state index in [2.05, 4.69) is 113 Å². The molecule has 1 spiro atoms. The van der Waals surface area contributed by atoms with E-state index in [1.54, 1.807) is 0 Å². The summed E-state index contributed by atoms with van der Waals surface area (Å²) in [7, 11) is 0. The Bertz CT molecular complexity index is 1720. The molecule has 6 rings (SSSR count). The maximum Gasteiger partial charge on any atom is 0.131 e. The number of para-hydroxylation sites is 1. The van der Waals surface area contributed by atoms with Crippen LogP contribution in [0.15, 0.2) is 36.6 Å². The van der Waals surface area contributed by atoms with E-state index < -0.39 is 5.41 Å². The number of ether oxygens (including phenoxy) is 1. The molecule has 0 saturated carbocycles. The molecule has 0 atom stereocenters. The molecule has 2 aliphatic rings. The van der Waals surface area contributed by atoms with Crippen molar-refractivity contribution < 1.29 is 4.74 Å². The lowest BCUT2D eigenvalue weighted by molar-refractivity contribution is 0.444. The predicted molar refractivity (Wildman–Crippen MR) is 170 cm³/mol. The van der Waals surface area contributed by atoms with Gasteiger partial charge in [0.15, 0.2) is 0 Å². The minimum atomic E-state index is -0.486. The van der Waals surface area contributed by atoms with Crippen LogP contribution in [0.3, 0.4) is 0 Å². The molecule has 1 heterocycles. The van der Waals surface area contributed by atoms with Crippen LogP contribution in [0, 0.1) is 83.1 Å². The van der Waals surface area contributed by atoms with Crippen molar-refractivity contribution in [3.05, 3.63) is 120 Å². The minimum absolute atomic E-state index is 0.486. The summed E-state index contributed by atoms with van der Waals surface area (Å²) < 4.78 is 6.25. The number of benzene rings is 4. The summed E-state index contributed by atoms with van der Waals surface area (Å²) in [5.41, 5.74) is 25.9. The van der Waals surface area contributed by atoms with Gasteiger partial charge < -0.3 is 4.74 Å². The minimum Gasteiger partial charge on any atom is -0.465 e. The molecule has 40 heavy (non-hydrogen) atoms. The Morgan fingerprint density at radius 2 is 0.800 bits per heavy atom. The van der Waals surface area contributed by atoms with Crippen molar-refractivity contribution in [3.8, 4) is 28.0 Å². The lowest BCUT2D eigenvalue weighted by Crippen LogP contribution is -2.33. The third kappa shape index (κ3) is 3.04. The van der Waals surface area contributed by atoms with Crippen molar-refractivity contribution >= 4 is 0 Å². The Balaban J connectivity index is 2.07. The zero-order chi connectivity index (χ0) is 29.0. The molecule has 0 fully saturated rings. The maximum atomic E-state index is 6.25. The quantitative estimate of drug-likeness (QED) is 0.221. The van der Waals surface area contributed by atoms with Crippen molar-refractivity contribution in [2.45, 2.75) is 88.5 Å². The van der Waals surface area contributed by atoms with Crippen LogP contribution in [0.2, 0.25) is 0 Å². The fourth-order valence-electron chi connectivity index (χ4n) is 7.93. The van der Waals surface area contributed by atoms with E-state index in [4.69, 9.17) is 4.74 Å². The van der Waals surface area contributed by atoms with Gasteiger partial charge in [0, 0.05) is 5.56 Å². The van der Waals surface area contributed by atoms with Gasteiger partial charge in [0.25, 0.3) is 0 Å². The highest BCUT2D eigenvalue weighted by molar-refractivity contribution is 6.00. The van der Waals surface area contributed by atoms with Crippen molar-refractivity contribution in [1.82, 2.24) is 0 Å². The van der Waals surface area contributed by atoms with E-state index in [1.165, 1.54) is 106 Å². The van der Waals surface area contributed by atoms with E-state index in [1.807, 2.05) is 6.26 Å². The third-order valence-electron chi connectivity index (χ3n) is 11.2. The highest BCUT2D eigenvalue weighted by Crippen LogP contribution is 2.61. The van der Waals surface area contributed by atoms with Crippen LogP contribution in [0.4, 0.5) is 0 Å². The summed E-state index contributed by atoms with van der Waals surface area (Å²) in [6, 6.07) is 8.70. The lowest BCUT2D eigenvalue weighted by atomic mass is 9.62. The van der Waals surface area contributed by atoms with Gasteiger partial charge in [0.1, 0.15) is 5.75 Å². The molecular formula is C39H42O. The van der Waals surface area contributed by atoms with Crippen LogP contribution in [0.1, 0.15) is 83.5 Å². The molecule has 0 amide bonds. The topological polar surface area (TPSA) is 9.23 Å². The summed E-state index contributed by atoms with van der Waals surface area (Å²) in [5, 5.41) is 0. The van der Waals surface area contributed by atoms with Crippen LogP contribution in [-0.4, -0.2) is 0 Å². The summed E-state index contributed by atoms with van der Waals surface area (Å²) in [6.07, 6.45) is 4.32. The first kappa shape index (κ1) is 26.6. The van der Waals surface area contributed by atoms with Gasteiger partial charge in [-0.1, -0.05) is 18.2 Å². The Morgan fingerprint density at radius 1 is 0.425 bits per heavy atom. The Labute approximate surface area is 240 Å². The van der Waals surface area contributed by atoms with Gasteiger partial charge in [0.05, 0.1) is 11.7 Å². The van der Waals surface area contributed by atoms with Gasteiger partial charge in [-0.3, -0.25) is 0 Å². The standard InChI is InChI=1S/C39H42O/c1-19-20(2)26(8)34-33(25(19)7)35-27(9)21(3)23(5)29(11)37(35)39(17-18-40-32-16-14-13-15-31(32)39)38-30(12)24(6)22(4)28(10)36(34)38/h13-18H,1-12H3. The monoisotopic (exact) mass is 526 g/mol. The summed E-state index contributed by atoms with van der Waals surface area (Å²) in [6.45, 7) is 28.0. The van der Waals surface area contributed by atoms with Crippen LogP contribution in [-0.2, 0) is 5.41 Å². The molecule has 4 aromatic rings. The lowest BCUT2D eigenvalue weighted by Gasteiger charge is -2.41. The Hall–Kier alpha value is -3.58. The molecule has 4 aromatic carbocycles. The molecule has 1 nitrogen and oxygen atoms in total. The molecule has 0 aromatic heterocycles. The van der Waals surface area contributed by atoms with Gasteiger partial charge in [-0.2, -0.15) is 0 Å². The van der Waals surface area contributed by atoms with Crippen LogP contribution in [0.25, 0.3) is 22.3 Å². The van der Waals surface area contributed by atoms with Crippen LogP contribution < -0.4 is 4.74 Å². The smallest absolute Gasteiger partial charge is 0.131 e. The van der Waals surface area contributed by atoms with Crippen LogP contribution >= 0.6 is 0 Å². The molecular weight excluding hydrogens is 484 g/mol. The van der Waals surface area contributed by atoms with Gasteiger partial charge in [0.2, 0.25) is 0 Å². The number of hydrogen-bond acceptors (Lipinski definition) is 1. The fraction of sp³-hybridized carbons (Fsp3) is 0.333. The molecule has 204 valence electrons. The summed E-state index contributed by atoms with van der Waals surface area (Å²) in [4.78, 5) is 0. The Morgan fingerprint density at radius 3 is 1.25 bits per heavy atom. The Kier molecular flexibility index (Phi) is 5.80. The number of hydrogen-bond donors (Lipinski definition) is 0. The molecule has 1 heteroatoms. The molecule has 0 N–H and O–H groups in total. The highest BCUT2D eigenvalue weighted by Gasteiger charge is 2.48. The van der Waals surface area contributed by atoms with Crippen molar-refractivity contribution in [2.24, 2.45) is 0 Å². The molecule has 0 unspecified atom stereocenters. The molecule has 1 aliphatic heterocycles. The van der Waals surface area contributed by atoms with Crippen molar-refractivity contribution in [3.63, 3.8) is 0 Å². The fourth-order valence-corrected chi connectivity index (χ4v) is 7.93. The predicted octanol–water partition coefficient (Wildman–Crippen LogP) is 10.3. The molecule has 1 aliphatic carbocycles. The van der Waals surface area contributed by atoms with Gasteiger partial charge in [-0.25, -0.2) is 0 Å².